The molecule has 1 heterocycles. The molecule has 0 radical (unpaired) electrons. The van der Waals surface area contributed by atoms with Crippen LogP contribution in [-0.2, 0) is 14.8 Å². The number of carbonyl (C=O) groups excluding carboxylic acids is 1. The van der Waals surface area contributed by atoms with Crippen LogP contribution in [0.2, 0.25) is 5.02 Å². The van der Waals surface area contributed by atoms with E-state index in [9.17, 15) is 23.3 Å². The third kappa shape index (κ3) is 2.86. The second-order valence-corrected chi connectivity index (χ2v) is 7.02. The number of nitrogens with zero attached hydrogens (tertiary/aromatic N) is 2. The number of hydrogen-bond acceptors (Lipinski definition) is 5. The van der Waals surface area contributed by atoms with Gasteiger partial charge in [0.15, 0.2) is 0 Å². The zero-order valence-corrected chi connectivity index (χ0v) is 12.7. The lowest BCUT2D eigenvalue weighted by molar-refractivity contribution is -0.385. The lowest BCUT2D eigenvalue weighted by atomic mass is 10.1. The molecule has 0 bridgehead atoms. The monoisotopic (exact) mass is 332 g/mol. The van der Waals surface area contributed by atoms with Crippen LogP contribution in [-0.4, -0.2) is 30.1 Å². The number of rotatable bonds is 4. The Labute approximate surface area is 126 Å². The molecule has 0 saturated carbocycles. The van der Waals surface area contributed by atoms with Crippen molar-refractivity contribution in [3.63, 3.8) is 0 Å². The molecule has 114 valence electrons. The largest absolute Gasteiger partial charge is 0.274 e. The maximum Gasteiger partial charge on any atom is 0.270 e. The summed E-state index contributed by atoms with van der Waals surface area (Å²) in [6.45, 7) is 1.95. The fourth-order valence-corrected chi connectivity index (χ4v) is 4.16. The Morgan fingerprint density at radius 3 is 2.67 bits per heavy atom. The SMILES string of the molecule is CCC1CC(=O)N(S(=O)(=O)c2cc([N+](=O)[O-])ccc2Cl)C1. The molecular weight excluding hydrogens is 320 g/mol. The topological polar surface area (TPSA) is 97.6 Å². The lowest BCUT2D eigenvalue weighted by Crippen LogP contribution is -2.32. The summed E-state index contributed by atoms with van der Waals surface area (Å²) in [4.78, 5) is 21.5. The average Bonchev–Trinajstić information content (AvgIpc) is 2.80. The summed E-state index contributed by atoms with van der Waals surface area (Å²) < 4.78 is 25.8. The van der Waals surface area contributed by atoms with Crippen molar-refractivity contribution in [1.29, 1.82) is 0 Å². The summed E-state index contributed by atoms with van der Waals surface area (Å²) >= 11 is 5.84. The number of nitro benzene ring substituents is 1. The molecule has 1 aliphatic rings. The first-order valence-electron chi connectivity index (χ1n) is 6.27. The van der Waals surface area contributed by atoms with E-state index < -0.39 is 31.4 Å². The van der Waals surface area contributed by atoms with Crippen LogP contribution in [0.3, 0.4) is 0 Å². The summed E-state index contributed by atoms with van der Waals surface area (Å²) in [5, 5.41) is 10.6. The van der Waals surface area contributed by atoms with Crippen molar-refractivity contribution in [2.75, 3.05) is 6.54 Å². The van der Waals surface area contributed by atoms with Crippen molar-refractivity contribution in [3.05, 3.63) is 33.3 Å². The molecular formula is C12H13ClN2O5S. The molecule has 0 aliphatic carbocycles. The van der Waals surface area contributed by atoms with E-state index in [0.717, 1.165) is 22.5 Å². The first-order chi connectivity index (χ1) is 9.77. The minimum Gasteiger partial charge on any atom is -0.274 e. The maximum atomic E-state index is 12.5. The highest BCUT2D eigenvalue weighted by atomic mass is 35.5. The fraction of sp³-hybridized carbons (Fsp3) is 0.417. The van der Waals surface area contributed by atoms with Crippen LogP contribution < -0.4 is 0 Å². The third-order valence-electron chi connectivity index (χ3n) is 3.44. The number of non-ortho nitro benzene ring substituents is 1. The van der Waals surface area contributed by atoms with Crippen molar-refractivity contribution in [2.24, 2.45) is 5.92 Å². The molecule has 0 aromatic heterocycles. The summed E-state index contributed by atoms with van der Waals surface area (Å²) in [5.74, 6) is -0.547. The fourth-order valence-electron chi connectivity index (χ4n) is 2.18. The van der Waals surface area contributed by atoms with Gasteiger partial charge >= 0.3 is 0 Å². The zero-order valence-electron chi connectivity index (χ0n) is 11.2. The van der Waals surface area contributed by atoms with Gasteiger partial charge in [0.2, 0.25) is 5.91 Å². The van der Waals surface area contributed by atoms with E-state index in [4.69, 9.17) is 11.6 Å². The number of nitro groups is 1. The van der Waals surface area contributed by atoms with Crippen LogP contribution in [0.4, 0.5) is 5.69 Å². The van der Waals surface area contributed by atoms with Gasteiger partial charge in [-0.05, 0) is 12.0 Å². The van der Waals surface area contributed by atoms with Crippen LogP contribution in [0.25, 0.3) is 0 Å². The molecule has 1 aromatic carbocycles. The highest BCUT2D eigenvalue weighted by molar-refractivity contribution is 7.89. The summed E-state index contributed by atoms with van der Waals surface area (Å²) in [7, 11) is -4.17. The molecule has 1 aliphatic heterocycles. The minimum atomic E-state index is -4.17. The Hall–Kier alpha value is -1.67. The minimum absolute atomic E-state index is 0.0373. The van der Waals surface area contributed by atoms with Crippen LogP contribution >= 0.6 is 11.6 Å². The third-order valence-corrected chi connectivity index (χ3v) is 5.70. The van der Waals surface area contributed by atoms with E-state index in [2.05, 4.69) is 0 Å². The van der Waals surface area contributed by atoms with Gasteiger partial charge in [-0.3, -0.25) is 14.9 Å². The second kappa shape index (κ2) is 5.61. The summed E-state index contributed by atoms with van der Waals surface area (Å²) in [6, 6.07) is 3.14. The predicted octanol–water partition coefficient (Wildman–Crippen LogP) is 2.20. The van der Waals surface area contributed by atoms with Gasteiger partial charge in [0.25, 0.3) is 15.7 Å². The molecule has 1 saturated heterocycles. The van der Waals surface area contributed by atoms with E-state index in [0.29, 0.717) is 6.42 Å². The smallest absolute Gasteiger partial charge is 0.270 e. The van der Waals surface area contributed by atoms with Gasteiger partial charge in [0, 0.05) is 25.1 Å². The number of hydrogen-bond donors (Lipinski definition) is 0. The van der Waals surface area contributed by atoms with E-state index >= 15 is 0 Å². The first kappa shape index (κ1) is 15.7. The van der Waals surface area contributed by atoms with Crippen LogP contribution in [0.5, 0.6) is 0 Å². The molecule has 0 N–H and O–H groups in total. The van der Waals surface area contributed by atoms with E-state index in [1.165, 1.54) is 0 Å². The van der Waals surface area contributed by atoms with Gasteiger partial charge in [-0.15, -0.1) is 0 Å². The van der Waals surface area contributed by atoms with Crippen LogP contribution in [0.15, 0.2) is 23.1 Å². The van der Waals surface area contributed by atoms with Crippen LogP contribution in [0, 0.1) is 16.0 Å². The van der Waals surface area contributed by atoms with Crippen LogP contribution in [0.1, 0.15) is 19.8 Å². The normalized spacial score (nSPS) is 19.0. The Balaban J connectivity index is 2.47. The Bertz CT molecular complexity index is 704. The molecule has 1 aromatic rings. The summed E-state index contributed by atoms with van der Waals surface area (Å²) in [5.41, 5.74) is -0.392. The number of carbonyl (C=O) groups is 1. The van der Waals surface area contributed by atoms with Gasteiger partial charge in [0.1, 0.15) is 4.90 Å². The van der Waals surface area contributed by atoms with E-state index in [-0.39, 0.29) is 23.9 Å². The first-order valence-corrected chi connectivity index (χ1v) is 8.08. The average molecular weight is 333 g/mol. The Kier molecular flexibility index (Phi) is 4.20. The van der Waals surface area contributed by atoms with Crippen molar-refractivity contribution in [1.82, 2.24) is 4.31 Å². The van der Waals surface area contributed by atoms with Crippen molar-refractivity contribution < 1.29 is 18.1 Å². The molecule has 9 heteroatoms. The number of sulfonamides is 1. The number of amides is 1. The standard InChI is InChI=1S/C12H13ClN2O5S/c1-2-8-5-12(16)14(7-8)21(19,20)11-6-9(15(17)18)3-4-10(11)13/h3-4,6,8H,2,5,7H2,1H3. The maximum absolute atomic E-state index is 12.5. The lowest BCUT2D eigenvalue weighted by Gasteiger charge is -2.17. The number of benzene rings is 1. The van der Waals surface area contributed by atoms with E-state index in [1.54, 1.807) is 0 Å². The predicted molar refractivity (Wildman–Crippen MR) is 75.4 cm³/mol. The molecule has 21 heavy (non-hydrogen) atoms. The van der Waals surface area contributed by atoms with Crippen molar-refractivity contribution in [3.8, 4) is 0 Å². The molecule has 1 unspecified atom stereocenters. The Morgan fingerprint density at radius 1 is 1.48 bits per heavy atom. The summed E-state index contributed by atoms with van der Waals surface area (Å²) in [6.07, 6.45) is 0.836. The quantitative estimate of drug-likeness (QED) is 0.621. The highest BCUT2D eigenvalue weighted by Gasteiger charge is 2.39. The van der Waals surface area contributed by atoms with Crippen molar-refractivity contribution >= 4 is 33.2 Å². The van der Waals surface area contributed by atoms with Gasteiger partial charge < -0.3 is 0 Å². The van der Waals surface area contributed by atoms with E-state index in [1.807, 2.05) is 6.92 Å². The van der Waals surface area contributed by atoms with Gasteiger partial charge in [-0.25, -0.2) is 12.7 Å². The Morgan fingerprint density at radius 2 is 2.14 bits per heavy atom. The second-order valence-electron chi connectivity index (χ2n) is 4.78. The van der Waals surface area contributed by atoms with Gasteiger partial charge in [-0.1, -0.05) is 24.9 Å². The molecule has 1 atom stereocenters. The molecule has 1 fully saturated rings. The zero-order chi connectivity index (χ0) is 15.8. The molecule has 0 spiro atoms. The van der Waals surface area contributed by atoms with Crippen molar-refractivity contribution in [2.45, 2.75) is 24.7 Å². The van der Waals surface area contributed by atoms with Gasteiger partial charge in [-0.2, -0.15) is 0 Å². The van der Waals surface area contributed by atoms with Gasteiger partial charge in [0.05, 0.1) is 9.95 Å². The number of halogens is 1. The molecule has 1 amide bonds. The molecule has 7 nitrogen and oxygen atoms in total. The highest BCUT2D eigenvalue weighted by Crippen LogP contribution is 2.32. The molecule has 2 rings (SSSR count).